The van der Waals surface area contributed by atoms with E-state index in [1.165, 1.54) is 0 Å². The highest BCUT2D eigenvalue weighted by atomic mass is 16.6. The second-order valence-corrected chi connectivity index (χ2v) is 5.04. The molecule has 0 spiro atoms. The predicted molar refractivity (Wildman–Crippen MR) is 78.0 cm³/mol. The average Bonchev–Trinajstić information content (AvgIpc) is 2.95. The number of aromatic nitrogens is 2. The second kappa shape index (κ2) is 5.47. The third kappa shape index (κ3) is 2.56. The van der Waals surface area contributed by atoms with Crippen molar-refractivity contribution in [3.8, 4) is 11.5 Å². The van der Waals surface area contributed by atoms with Gasteiger partial charge in [0.1, 0.15) is 19.0 Å². The maximum atomic E-state index is 12.5. The van der Waals surface area contributed by atoms with Gasteiger partial charge in [0.25, 0.3) is 5.91 Å². The highest BCUT2D eigenvalue weighted by molar-refractivity contribution is 6.06. The van der Waals surface area contributed by atoms with Gasteiger partial charge in [0.05, 0.1) is 11.8 Å². The molecule has 0 saturated heterocycles. The van der Waals surface area contributed by atoms with Gasteiger partial charge in [-0.2, -0.15) is 5.10 Å². The summed E-state index contributed by atoms with van der Waals surface area (Å²) in [7, 11) is 0. The molecule has 0 aliphatic carbocycles. The van der Waals surface area contributed by atoms with E-state index < -0.39 is 0 Å². The Labute approximate surface area is 122 Å². The maximum absolute atomic E-state index is 12.5. The van der Waals surface area contributed by atoms with Gasteiger partial charge in [0.15, 0.2) is 11.5 Å². The summed E-state index contributed by atoms with van der Waals surface area (Å²) in [5, 5.41) is 7.06. The third-order valence-electron chi connectivity index (χ3n) is 3.21. The van der Waals surface area contributed by atoms with Crippen molar-refractivity contribution in [1.82, 2.24) is 9.78 Å². The van der Waals surface area contributed by atoms with E-state index in [9.17, 15) is 4.79 Å². The summed E-state index contributed by atoms with van der Waals surface area (Å²) in [5.74, 6) is 1.52. The largest absolute Gasteiger partial charge is 0.486 e. The van der Waals surface area contributed by atoms with Crippen LogP contribution >= 0.6 is 0 Å². The molecule has 1 N–H and O–H groups in total. The number of carbonyl (C=O) groups excluding carboxylic acids is 1. The van der Waals surface area contributed by atoms with E-state index in [1.54, 1.807) is 35.1 Å². The van der Waals surface area contributed by atoms with Gasteiger partial charge in [-0.3, -0.25) is 4.79 Å². The van der Waals surface area contributed by atoms with E-state index in [2.05, 4.69) is 10.4 Å². The summed E-state index contributed by atoms with van der Waals surface area (Å²) in [6.07, 6.45) is 1.66. The molecule has 1 aromatic carbocycles. The monoisotopic (exact) mass is 287 g/mol. The quantitative estimate of drug-likeness (QED) is 0.942. The van der Waals surface area contributed by atoms with Gasteiger partial charge < -0.3 is 14.8 Å². The molecule has 0 fully saturated rings. The topological polar surface area (TPSA) is 65.4 Å². The smallest absolute Gasteiger partial charge is 0.260 e. The van der Waals surface area contributed by atoms with Crippen LogP contribution in [-0.4, -0.2) is 28.9 Å². The molecule has 1 aromatic heterocycles. The van der Waals surface area contributed by atoms with Crippen LogP contribution in [0.25, 0.3) is 0 Å². The molecule has 0 radical (unpaired) electrons. The lowest BCUT2D eigenvalue weighted by molar-refractivity contribution is 0.101. The Balaban J connectivity index is 1.88. The first kappa shape index (κ1) is 13.5. The number of rotatable bonds is 3. The minimum atomic E-state index is -0.236. The van der Waals surface area contributed by atoms with E-state index in [0.29, 0.717) is 36.1 Å². The van der Waals surface area contributed by atoms with Crippen LogP contribution in [0.3, 0.4) is 0 Å². The normalized spacial score (nSPS) is 13.3. The van der Waals surface area contributed by atoms with Crippen LogP contribution in [0.2, 0.25) is 0 Å². The number of benzene rings is 1. The molecule has 1 aliphatic rings. The molecule has 2 heterocycles. The van der Waals surface area contributed by atoms with Crippen LogP contribution < -0.4 is 14.8 Å². The SMILES string of the molecule is CC(C)n1nccc1NC(=O)c1cccc2c1OCCO2. The summed E-state index contributed by atoms with van der Waals surface area (Å²) < 4.78 is 12.8. The van der Waals surface area contributed by atoms with E-state index in [-0.39, 0.29) is 11.9 Å². The first-order chi connectivity index (χ1) is 10.2. The lowest BCUT2D eigenvalue weighted by Crippen LogP contribution is -2.21. The van der Waals surface area contributed by atoms with Gasteiger partial charge in [0.2, 0.25) is 0 Å². The van der Waals surface area contributed by atoms with Crippen molar-refractivity contribution in [3.63, 3.8) is 0 Å². The van der Waals surface area contributed by atoms with Crippen molar-refractivity contribution >= 4 is 11.7 Å². The number of hydrogen-bond acceptors (Lipinski definition) is 4. The van der Waals surface area contributed by atoms with E-state index >= 15 is 0 Å². The first-order valence-electron chi connectivity index (χ1n) is 6.90. The number of carbonyl (C=O) groups is 1. The van der Waals surface area contributed by atoms with Gasteiger partial charge in [-0.25, -0.2) is 4.68 Å². The first-order valence-corrected chi connectivity index (χ1v) is 6.90. The number of amides is 1. The summed E-state index contributed by atoms with van der Waals surface area (Å²) in [5.41, 5.74) is 0.462. The number of hydrogen-bond donors (Lipinski definition) is 1. The molecule has 1 amide bonds. The Morgan fingerprint density at radius 3 is 2.90 bits per heavy atom. The molecule has 3 rings (SSSR count). The minimum absolute atomic E-state index is 0.166. The van der Waals surface area contributed by atoms with Crippen LogP contribution in [0.1, 0.15) is 30.2 Å². The molecule has 0 saturated carbocycles. The summed E-state index contributed by atoms with van der Waals surface area (Å²) in [6.45, 7) is 4.95. The van der Waals surface area contributed by atoms with E-state index in [4.69, 9.17) is 9.47 Å². The van der Waals surface area contributed by atoms with Crippen molar-refractivity contribution in [2.24, 2.45) is 0 Å². The van der Waals surface area contributed by atoms with E-state index in [0.717, 1.165) is 0 Å². The number of nitrogens with zero attached hydrogens (tertiary/aromatic N) is 2. The second-order valence-electron chi connectivity index (χ2n) is 5.04. The van der Waals surface area contributed by atoms with Crippen molar-refractivity contribution < 1.29 is 14.3 Å². The highest BCUT2D eigenvalue weighted by Gasteiger charge is 2.21. The van der Waals surface area contributed by atoms with Crippen LogP contribution in [0, 0.1) is 0 Å². The summed E-state index contributed by atoms with van der Waals surface area (Å²) in [6, 6.07) is 7.23. The Morgan fingerprint density at radius 1 is 1.29 bits per heavy atom. The van der Waals surface area contributed by atoms with Crippen LogP contribution in [0.4, 0.5) is 5.82 Å². The zero-order chi connectivity index (χ0) is 14.8. The molecule has 0 bridgehead atoms. The standard InChI is InChI=1S/C15H17N3O3/c1-10(2)18-13(6-7-16-18)17-15(19)11-4-3-5-12-14(11)21-9-8-20-12/h3-7,10H,8-9H2,1-2H3,(H,17,19). The molecular weight excluding hydrogens is 270 g/mol. The molecule has 21 heavy (non-hydrogen) atoms. The summed E-state index contributed by atoms with van der Waals surface area (Å²) in [4.78, 5) is 12.5. The molecule has 2 aromatic rings. The van der Waals surface area contributed by atoms with Crippen LogP contribution in [0.15, 0.2) is 30.5 Å². The third-order valence-corrected chi connectivity index (χ3v) is 3.21. The van der Waals surface area contributed by atoms with Gasteiger partial charge in [-0.05, 0) is 26.0 Å². The number of anilines is 1. The predicted octanol–water partition coefficient (Wildman–Crippen LogP) is 2.49. The van der Waals surface area contributed by atoms with Gasteiger partial charge in [0, 0.05) is 12.1 Å². The summed E-state index contributed by atoms with van der Waals surface area (Å²) >= 11 is 0. The minimum Gasteiger partial charge on any atom is -0.486 e. The van der Waals surface area contributed by atoms with E-state index in [1.807, 2.05) is 13.8 Å². The van der Waals surface area contributed by atoms with Crippen LogP contribution in [-0.2, 0) is 0 Å². The molecule has 6 nitrogen and oxygen atoms in total. The molecule has 110 valence electrons. The van der Waals surface area contributed by atoms with Crippen LogP contribution in [0.5, 0.6) is 11.5 Å². The Hall–Kier alpha value is -2.50. The van der Waals surface area contributed by atoms with Gasteiger partial charge in [-0.1, -0.05) is 6.07 Å². The molecule has 0 atom stereocenters. The Morgan fingerprint density at radius 2 is 2.10 bits per heavy atom. The Kier molecular flexibility index (Phi) is 3.51. The van der Waals surface area contributed by atoms with Crippen molar-refractivity contribution in [1.29, 1.82) is 0 Å². The average molecular weight is 287 g/mol. The van der Waals surface area contributed by atoms with Crippen molar-refractivity contribution in [2.75, 3.05) is 18.5 Å². The fourth-order valence-corrected chi connectivity index (χ4v) is 2.26. The lowest BCUT2D eigenvalue weighted by Gasteiger charge is -2.20. The fraction of sp³-hybridized carbons (Fsp3) is 0.333. The fourth-order valence-electron chi connectivity index (χ4n) is 2.26. The lowest BCUT2D eigenvalue weighted by atomic mass is 10.1. The molecule has 0 unspecified atom stereocenters. The molecular formula is C15H17N3O3. The molecule has 1 aliphatic heterocycles. The number of nitrogens with one attached hydrogen (secondary N) is 1. The maximum Gasteiger partial charge on any atom is 0.260 e. The highest BCUT2D eigenvalue weighted by Crippen LogP contribution is 2.34. The number of para-hydroxylation sites is 1. The van der Waals surface area contributed by atoms with Crippen molar-refractivity contribution in [3.05, 3.63) is 36.0 Å². The van der Waals surface area contributed by atoms with Crippen molar-refractivity contribution in [2.45, 2.75) is 19.9 Å². The Bertz CT molecular complexity index is 664. The number of ether oxygens (including phenoxy) is 2. The van der Waals surface area contributed by atoms with Gasteiger partial charge in [-0.15, -0.1) is 0 Å². The number of fused-ring (bicyclic) bond motifs is 1. The van der Waals surface area contributed by atoms with Gasteiger partial charge >= 0.3 is 0 Å². The zero-order valence-corrected chi connectivity index (χ0v) is 12.0. The molecule has 6 heteroatoms. The zero-order valence-electron chi connectivity index (χ0n) is 12.0.